The Morgan fingerprint density at radius 3 is 3.05 bits per heavy atom. The second-order valence-electron chi connectivity index (χ2n) is 3.95. The predicted molar refractivity (Wildman–Crippen MR) is 68.2 cm³/mol. The fourth-order valence-electron chi connectivity index (χ4n) is 1.58. The summed E-state index contributed by atoms with van der Waals surface area (Å²) in [5, 5.41) is 11.5. The number of rotatable bonds is 4. The Bertz CT molecular complexity index is 626. The van der Waals surface area contributed by atoms with Crippen molar-refractivity contribution in [3.8, 4) is 6.07 Å². The number of carbonyl (C=O) groups is 1. The maximum atomic E-state index is 11.9. The van der Waals surface area contributed by atoms with Crippen molar-refractivity contribution >= 4 is 5.91 Å². The van der Waals surface area contributed by atoms with Crippen molar-refractivity contribution in [2.24, 2.45) is 0 Å². The first-order valence-corrected chi connectivity index (χ1v) is 5.95. The number of aromatic nitrogens is 1. The van der Waals surface area contributed by atoms with Crippen molar-refractivity contribution in [2.45, 2.75) is 19.9 Å². The van der Waals surface area contributed by atoms with Crippen molar-refractivity contribution in [1.82, 2.24) is 10.3 Å². The maximum absolute atomic E-state index is 11.9. The molecule has 0 fully saturated rings. The van der Waals surface area contributed by atoms with E-state index in [0.717, 1.165) is 12.2 Å². The minimum Gasteiger partial charge on any atom is -0.444 e. The van der Waals surface area contributed by atoms with Crippen LogP contribution < -0.4 is 5.32 Å². The molecule has 0 spiro atoms. The van der Waals surface area contributed by atoms with Crippen LogP contribution in [0.5, 0.6) is 0 Å². The molecular formula is C14H13N3O2. The summed E-state index contributed by atoms with van der Waals surface area (Å²) in [6, 6.07) is 8.52. The second-order valence-corrected chi connectivity index (χ2v) is 3.95. The standard InChI is InChI=1S/C14H13N3O2/c1-2-12-8-16-13(19-12)9-17-14(18)11-5-3-4-10(6-11)7-15/h3-6,8H,2,9H2,1H3,(H,17,18). The summed E-state index contributed by atoms with van der Waals surface area (Å²) in [4.78, 5) is 15.9. The quantitative estimate of drug-likeness (QED) is 0.906. The summed E-state index contributed by atoms with van der Waals surface area (Å²) >= 11 is 0. The van der Waals surface area contributed by atoms with Crippen LogP contribution in [0, 0.1) is 11.3 Å². The van der Waals surface area contributed by atoms with Crippen LogP contribution in [0.2, 0.25) is 0 Å². The van der Waals surface area contributed by atoms with Gasteiger partial charge in [0.25, 0.3) is 5.91 Å². The largest absolute Gasteiger partial charge is 0.444 e. The van der Waals surface area contributed by atoms with E-state index in [0.29, 0.717) is 17.0 Å². The third kappa shape index (κ3) is 3.19. The number of aryl methyl sites for hydroxylation is 1. The van der Waals surface area contributed by atoms with Crippen molar-refractivity contribution < 1.29 is 9.21 Å². The number of nitrogens with one attached hydrogen (secondary N) is 1. The summed E-state index contributed by atoms with van der Waals surface area (Å²) < 4.78 is 5.39. The van der Waals surface area contributed by atoms with Crippen molar-refractivity contribution in [2.75, 3.05) is 0 Å². The van der Waals surface area contributed by atoms with Crippen molar-refractivity contribution in [1.29, 1.82) is 5.26 Å². The highest BCUT2D eigenvalue weighted by molar-refractivity contribution is 5.94. The van der Waals surface area contributed by atoms with Crippen molar-refractivity contribution in [3.05, 3.63) is 53.2 Å². The van der Waals surface area contributed by atoms with E-state index < -0.39 is 0 Å². The van der Waals surface area contributed by atoms with Gasteiger partial charge in [-0.05, 0) is 18.2 Å². The molecule has 0 atom stereocenters. The van der Waals surface area contributed by atoms with Gasteiger partial charge in [-0.3, -0.25) is 4.79 Å². The minimum absolute atomic E-state index is 0.232. The molecule has 0 saturated carbocycles. The van der Waals surface area contributed by atoms with Gasteiger partial charge in [0.2, 0.25) is 5.89 Å². The average molecular weight is 255 g/mol. The molecule has 0 aliphatic carbocycles. The first kappa shape index (κ1) is 12.8. The normalized spacial score (nSPS) is 9.89. The minimum atomic E-state index is -0.256. The molecule has 19 heavy (non-hydrogen) atoms. The summed E-state index contributed by atoms with van der Waals surface area (Å²) in [5.41, 5.74) is 0.901. The smallest absolute Gasteiger partial charge is 0.251 e. The zero-order chi connectivity index (χ0) is 13.7. The molecule has 5 heteroatoms. The zero-order valence-corrected chi connectivity index (χ0v) is 10.5. The average Bonchev–Trinajstić information content (AvgIpc) is 2.93. The number of carbonyl (C=O) groups excluding carboxylic acids is 1. The maximum Gasteiger partial charge on any atom is 0.251 e. The summed E-state index contributed by atoms with van der Waals surface area (Å²) in [5.74, 6) is 1.01. The van der Waals surface area contributed by atoms with Crippen LogP contribution in [-0.4, -0.2) is 10.9 Å². The lowest BCUT2D eigenvalue weighted by Gasteiger charge is -2.02. The molecule has 2 aromatic rings. The van der Waals surface area contributed by atoms with Crippen LogP contribution in [0.3, 0.4) is 0 Å². The van der Waals surface area contributed by atoms with E-state index in [1.165, 1.54) is 0 Å². The molecule has 1 N–H and O–H groups in total. The number of nitrogens with zero attached hydrogens (tertiary/aromatic N) is 2. The van der Waals surface area contributed by atoms with Gasteiger partial charge in [-0.1, -0.05) is 13.0 Å². The molecule has 5 nitrogen and oxygen atoms in total. The molecule has 0 radical (unpaired) electrons. The number of amides is 1. The molecule has 1 aromatic carbocycles. The molecule has 0 aliphatic heterocycles. The molecule has 1 amide bonds. The lowest BCUT2D eigenvalue weighted by atomic mass is 10.1. The first-order valence-electron chi connectivity index (χ1n) is 5.95. The van der Waals surface area contributed by atoms with Gasteiger partial charge in [0.1, 0.15) is 5.76 Å². The molecule has 0 bridgehead atoms. The Balaban J connectivity index is 1.99. The lowest BCUT2D eigenvalue weighted by molar-refractivity contribution is 0.0947. The van der Waals surface area contributed by atoms with E-state index in [4.69, 9.17) is 9.68 Å². The van der Waals surface area contributed by atoms with Gasteiger partial charge < -0.3 is 9.73 Å². The highest BCUT2D eigenvalue weighted by atomic mass is 16.4. The van der Waals surface area contributed by atoms with Crippen LogP contribution in [0.1, 0.15) is 34.5 Å². The first-order chi connectivity index (χ1) is 9.22. The third-order valence-electron chi connectivity index (χ3n) is 2.60. The summed E-state index contributed by atoms with van der Waals surface area (Å²) in [6.07, 6.45) is 2.42. The van der Waals surface area contributed by atoms with E-state index in [1.54, 1.807) is 30.5 Å². The van der Waals surface area contributed by atoms with Gasteiger partial charge in [-0.2, -0.15) is 5.26 Å². The highest BCUT2D eigenvalue weighted by Gasteiger charge is 2.08. The number of benzene rings is 1. The van der Waals surface area contributed by atoms with E-state index in [2.05, 4.69) is 10.3 Å². The predicted octanol–water partition coefficient (Wildman–Crippen LogP) is 2.04. The fourth-order valence-corrected chi connectivity index (χ4v) is 1.58. The Morgan fingerprint density at radius 1 is 1.53 bits per heavy atom. The number of hydrogen-bond donors (Lipinski definition) is 1. The molecule has 1 aromatic heterocycles. The number of hydrogen-bond acceptors (Lipinski definition) is 4. The molecule has 96 valence electrons. The molecule has 0 saturated heterocycles. The Hall–Kier alpha value is -2.61. The van der Waals surface area contributed by atoms with E-state index in [1.807, 2.05) is 13.0 Å². The van der Waals surface area contributed by atoms with E-state index in [-0.39, 0.29) is 12.5 Å². The van der Waals surface area contributed by atoms with Crippen LogP contribution in [0.15, 0.2) is 34.9 Å². The number of nitriles is 1. The Kier molecular flexibility index (Phi) is 3.94. The third-order valence-corrected chi connectivity index (χ3v) is 2.60. The van der Waals surface area contributed by atoms with Gasteiger partial charge in [0.05, 0.1) is 24.4 Å². The molecular weight excluding hydrogens is 242 g/mol. The van der Waals surface area contributed by atoms with Gasteiger partial charge in [-0.25, -0.2) is 4.98 Å². The summed E-state index contributed by atoms with van der Waals surface area (Å²) in [7, 11) is 0. The number of oxazole rings is 1. The topological polar surface area (TPSA) is 78.9 Å². The van der Waals surface area contributed by atoms with E-state index in [9.17, 15) is 4.79 Å². The fraction of sp³-hybridized carbons (Fsp3) is 0.214. The molecule has 0 unspecified atom stereocenters. The van der Waals surface area contributed by atoms with Crippen LogP contribution in [0.4, 0.5) is 0 Å². The Labute approximate surface area is 110 Å². The van der Waals surface area contributed by atoms with Gasteiger partial charge in [0, 0.05) is 12.0 Å². The van der Waals surface area contributed by atoms with E-state index >= 15 is 0 Å². The monoisotopic (exact) mass is 255 g/mol. The molecule has 2 rings (SSSR count). The SMILES string of the molecule is CCc1cnc(CNC(=O)c2cccc(C#N)c2)o1. The van der Waals surface area contributed by atoms with Crippen LogP contribution in [-0.2, 0) is 13.0 Å². The second kappa shape index (κ2) is 5.83. The van der Waals surface area contributed by atoms with Gasteiger partial charge >= 0.3 is 0 Å². The lowest BCUT2D eigenvalue weighted by Crippen LogP contribution is -2.22. The van der Waals surface area contributed by atoms with Crippen molar-refractivity contribution in [3.63, 3.8) is 0 Å². The highest BCUT2D eigenvalue weighted by Crippen LogP contribution is 2.06. The van der Waals surface area contributed by atoms with Gasteiger partial charge in [-0.15, -0.1) is 0 Å². The molecule has 0 aliphatic rings. The molecule has 1 heterocycles. The van der Waals surface area contributed by atoms with Crippen LogP contribution >= 0.6 is 0 Å². The van der Waals surface area contributed by atoms with Gasteiger partial charge in [0.15, 0.2) is 0 Å². The Morgan fingerprint density at radius 2 is 2.37 bits per heavy atom. The van der Waals surface area contributed by atoms with Crippen LogP contribution in [0.25, 0.3) is 0 Å². The zero-order valence-electron chi connectivity index (χ0n) is 10.5. The summed E-state index contributed by atoms with van der Waals surface area (Å²) in [6.45, 7) is 2.20.